The second-order valence-electron chi connectivity index (χ2n) is 10.0. The molecule has 7 heteroatoms. The summed E-state index contributed by atoms with van der Waals surface area (Å²) in [6.45, 7) is 8.39. The maximum Gasteiger partial charge on any atom is 0.410 e. The van der Waals surface area contributed by atoms with Crippen LogP contribution in [0.5, 0.6) is 0 Å². The van der Waals surface area contributed by atoms with Crippen molar-refractivity contribution in [1.29, 1.82) is 5.26 Å². The summed E-state index contributed by atoms with van der Waals surface area (Å²) in [5, 5.41) is 9.50. The normalized spacial score (nSPS) is 15.9. The van der Waals surface area contributed by atoms with Crippen LogP contribution in [0.4, 0.5) is 4.79 Å². The molecule has 0 saturated carbocycles. The summed E-state index contributed by atoms with van der Waals surface area (Å²) in [7, 11) is 0. The fourth-order valence-corrected chi connectivity index (χ4v) is 4.64. The highest BCUT2D eigenvalue weighted by molar-refractivity contribution is 6.01. The summed E-state index contributed by atoms with van der Waals surface area (Å²) in [6, 6.07) is 23.5. The minimum Gasteiger partial charge on any atom is -0.444 e. The molecule has 1 aromatic heterocycles. The molecule has 3 aromatic rings. The number of amides is 2. The average Bonchev–Trinajstić information content (AvgIpc) is 3.21. The van der Waals surface area contributed by atoms with Crippen LogP contribution in [0.15, 0.2) is 66.7 Å². The zero-order valence-corrected chi connectivity index (χ0v) is 21.3. The molecule has 2 aromatic carbocycles. The Hall–Kier alpha value is -4.05. The van der Waals surface area contributed by atoms with E-state index in [4.69, 9.17) is 4.74 Å². The quantitative estimate of drug-likeness (QED) is 0.495. The standard InChI is InChI=1S/C29H32N4O3/c1-21-19-25(26(22-11-7-5-8-12-22)33(21)23-13-9-6-10-14-23)27(34)32-18-17-31(20-24(32)15-16-30)28(35)36-29(2,3)4/h5-14,19,24H,15,17-18,20H2,1-4H3. The van der Waals surface area contributed by atoms with E-state index in [1.165, 1.54) is 0 Å². The zero-order valence-electron chi connectivity index (χ0n) is 21.3. The summed E-state index contributed by atoms with van der Waals surface area (Å²) in [5.74, 6) is -0.143. The van der Waals surface area contributed by atoms with Crippen LogP contribution >= 0.6 is 0 Å². The molecule has 0 bridgehead atoms. The van der Waals surface area contributed by atoms with Gasteiger partial charge in [0.15, 0.2) is 0 Å². The minimum absolute atomic E-state index is 0.129. The number of aryl methyl sites for hydroxylation is 1. The highest BCUT2D eigenvalue weighted by Crippen LogP contribution is 2.32. The fraction of sp³-hybridized carbons (Fsp3) is 0.345. The maximum atomic E-state index is 14.0. The highest BCUT2D eigenvalue weighted by Gasteiger charge is 2.36. The van der Waals surface area contributed by atoms with Gasteiger partial charge in [0.1, 0.15) is 5.60 Å². The van der Waals surface area contributed by atoms with Crippen LogP contribution in [0.25, 0.3) is 16.9 Å². The molecule has 1 aliphatic rings. The summed E-state index contributed by atoms with van der Waals surface area (Å²) < 4.78 is 7.62. The van der Waals surface area contributed by atoms with Gasteiger partial charge in [-0.3, -0.25) is 4.79 Å². The molecule has 186 valence electrons. The summed E-state index contributed by atoms with van der Waals surface area (Å²) in [5.41, 5.74) is 3.62. The van der Waals surface area contributed by atoms with E-state index in [1.54, 1.807) is 9.80 Å². The first-order valence-electron chi connectivity index (χ1n) is 12.2. The molecule has 36 heavy (non-hydrogen) atoms. The first-order valence-corrected chi connectivity index (χ1v) is 12.2. The minimum atomic E-state index is -0.614. The Morgan fingerprint density at radius 3 is 2.28 bits per heavy atom. The van der Waals surface area contributed by atoms with E-state index in [-0.39, 0.29) is 18.9 Å². The van der Waals surface area contributed by atoms with Gasteiger partial charge >= 0.3 is 6.09 Å². The SMILES string of the molecule is Cc1cc(C(=O)N2CCN(C(=O)OC(C)(C)C)CC2CC#N)c(-c2ccccc2)n1-c1ccccc1. The van der Waals surface area contributed by atoms with Gasteiger partial charge in [0.2, 0.25) is 0 Å². The lowest BCUT2D eigenvalue weighted by molar-refractivity contribution is 0.00483. The van der Waals surface area contributed by atoms with Crippen molar-refractivity contribution in [3.05, 3.63) is 78.0 Å². The molecule has 1 unspecified atom stereocenters. The van der Waals surface area contributed by atoms with Crippen molar-refractivity contribution >= 4 is 12.0 Å². The number of nitrogens with zero attached hydrogens (tertiary/aromatic N) is 4. The first kappa shape index (κ1) is 25.1. The van der Waals surface area contributed by atoms with Gasteiger partial charge in [-0.1, -0.05) is 48.5 Å². The number of ether oxygens (including phenoxy) is 1. The second kappa shape index (κ2) is 10.3. The van der Waals surface area contributed by atoms with Crippen molar-refractivity contribution in [3.63, 3.8) is 0 Å². The number of para-hydroxylation sites is 1. The third-order valence-corrected chi connectivity index (χ3v) is 6.20. The van der Waals surface area contributed by atoms with Gasteiger partial charge in [-0.15, -0.1) is 0 Å². The lowest BCUT2D eigenvalue weighted by Crippen LogP contribution is -2.57. The van der Waals surface area contributed by atoms with Gasteiger partial charge in [-0.25, -0.2) is 4.79 Å². The van der Waals surface area contributed by atoms with Gasteiger partial charge in [-0.2, -0.15) is 5.26 Å². The van der Waals surface area contributed by atoms with Crippen molar-refractivity contribution in [3.8, 4) is 23.0 Å². The molecule has 2 heterocycles. The molecule has 4 rings (SSSR count). The Labute approximate surface area is 212 Å². The third-order valence-electron chi connectivity index (χ3n) is 6.20. The molecular weight excluding hydrogens is 452 g/mol. The highest BCUT2D eigenvalue weighted by atomic mass is 16.6. The number of aromatic nitrogens is 1. The van der Waals surface area contributed by atoms with Gasteiger partial charge < -0.3 is 19.1 Å². The van der Waals surface area contributed by atoms with Crippen LogP contribution in [0.1, 0.15) is 43.2 Å². The Kier molecular flexibility index (Phi) is 7.16. The van der Waals surface area contributed by atoms with Crippen molar-refractivity contribution < 1.29 is 14.3 Å². The number of piperazine rings is 1. The van der Waals surface area contributed by atoms with Gasteiger partial charge in [-0.05, 0) is 51.5 Å². The Bertz CT molecular complexity index is 1270. The second-order valence-corrected chi connectivity index (χ2v) is 10.0. The number of rotatable bonds is 4. The number of hydrogen-bond acceptors (Lipinski definition) is 4. The predicted molar refractivity (Wildman–Crippen MR) is 139 cm³/mol. The molecule has 1 aliphatic heterocycles. The molecule has 7 nitrogen and oxygen atoms in total. The number of carbonyl (C=O) groups excluding carboxylic acids is 2. The monoisotopic (exact) mass is 484 g/mol. The van der Waals surface area contributed by atoms with Crippen molar-refractivity contribution in [2.75, 3.05) is 19.6 Å². The van der Waals surface area contributed by atoms with E-state index in [2.05, 4.69) is 10.6 Å². The molecule has 0 N–H and O–H groups in total. The van der Waals surface area contributed by atoms with Gasteiger partial charge in [0, 0.05) is 31.0 Å². The molecule has 0 aliphatic carbocycles. The van der Waals surface area contributed by atoms with Crippen LogP contribution in [0, 0.1) is 18.3 Å². The molecular formula is C29H32N4O3. The van der Waals surface area contributed by atoms with Crippen molar-refractivity contribution in [1.82, 2.24) is 14.4 Å². The predicted octanol–water partition coefficient (Wildman–Crippen LogP) is 5.43. The van der Waals surface area contributed by atoms with Crippen LogP contribution in [-0.4, -0.2) is 57.6 Å². The van der Waals surface area contributed by atoms with Crippen LogP contribution in [0.2, 0.25) is 0 Å². The lowest BCUT2D eigenvalue weighted by atomic mass is 10.0. The third kappa shape index (κ3) is 5.28. The van der Waals surface area contributed by atoms with E-state index in [1.807, 2.05) is 94.4 Å². The largest absolute Gasteiger partial charge is 0.444 e. The number of hydrogen-bond donors (Lipinski definition) is 0. The summed E-state index contributed by atoms with van der Waals surface area (Å²) in [4.78, 5) is 30.0. The smallest absolute Gasteiger partial charge is 0.410 e. The van der Waals surface area contributed by atoms with Crippen molar-refractivity contribution in [2.45, 2.75) is 45.8 Å². The number of carbonyl (C=O) groups is 2. The van der Waals surface area contributed by atoms with E-state index < -0.39 is 17.7 Å². The first-order chi connectivity index (χ1) is 17.2. The lowest BCUT2D eigenvalue weighted by Gasteiger charge is -2.41. The van der Waals surface area contributed by atoms with Crippen LogP contribution in [-0.2, 0) is 4.74 Å². The van der Waals surface area contributed by atoms with E-state index in [9.17, 15) is 14.9 Å². The molecule has 1 fully saturated rings. The van der Waals surface area contributed by atoms with Crippen LogP contribution in [0.3, 0.4) is 0 Å². The van der Waals surface area contributed by atoms with E-state index in [0.29, 0.717) is 18.7 Å². The summed E-state index contributed by atoms with van der Waals surface area (Å²) >= 11 is 0. The summed E-state index contributed by atoms with van der Waals surface area (Å²) in [6.07, 6.45) is -0.294. The molecule has 0 spiro atoms. The molecule has 0 radical (unpaired) electrons. The molecule has 1 saturated heterocycles. The zero-order chi connectivity index (χ0) is 25.9. The molecule has 2 amide bonds. The van der Waals surface area contributed by atoms with E-state index in [0.717, 1.165) is 22.6 Å². The maximum absolute atomic E-state index is 14.0. The van der Waals surface area contributed by atoms with Gasteiger partial charge in [0.25, 0.3) is 5.91 Å². The van der Waals surface area contributed by atoms with E-state index >= 15 is 0 Å². The molecule has 1 atom stereocenters. The topological polar surface area (TPSA) is 78.6 Å². The Balaban J connectivity index is 1.71. The van der Waals surface area contributed by atoms with Crippen LogP contribution < -0.4 is 0 Å². The number of benzene rings is 2. The van der Waals surface area contributed by atoms with Gasteiger partial charge in [0.05, 0.1) is 29.8 Å². The Morgan fingerprint density at radius 2 is 1.67 bits per heavy atom. The number of nitriles is 1. The average molecular weight is 485 g/mol. The Morgan fingerprint density at radius 1 is 1.03 bits per heavy atom. The fourth-order valence-electron chi connectivity index (χ4n) is 4.64. The van der Waals surface area contributed by atoms with Crippen molar-refractivity contribution in [2.24, 2.45) is 0 Å².